The van der Waals surface area contributed by atoms with E-state index in [4.69, 9.17) is 14.6 Å². The SMILES string of the molecule is CCOC(=O)[C@H]1CCCN(CC(=O)N2N=C(c3ccc(OC)cc3)C[C@H]2c2ccc(C)cc2C)C1. The molecule has 0 unspecified atom stereocenters. The van der Waals surface area contributed by atoms with Gasteiger partial charge in [-0.15, -0.1) is 0 Å². The second kappa shape index (κ2) is 11.0. The first kappa shape index (κ1) is 24.9. The molecule has 4 rings (SSSR count). The third kappa shape index (κ3) is 5.73. The Morgan fingerprint density at radius 3 is 2.57 bits per heavy atom. The first-order chi connectivity index (χ1) is 16.9. The fourth-order valence-corrected chi connectivity index (χ4v) is 5.06. The molecule has 2 aromatic carbocycles. The molecule has 1 amide bonds. The summed E-state index contributed by atoms with van der Waals surface area (Å²) in [6, 6.07) is 14.0. The number of methoxy groups -OCH3 is 1. The number of piperidine rings is 1. The zero-order valence-electron chi connectivity index (χ0n) is 21.1. The normalized spacial score (nSPS) is 20.5. The number of esters is 1. The van der Waals surface area contributed by atoms with Gasteiger partial charge in [-0.3, -0.25) is 14.5 Å². The highest BCUT2D eigenvalue weighted by molar-refractivity contribution is 6.03. The Morgan fingerprint density at radius 1 is 1.11 bits per heavy atom. The van der Waals surface area contributed by atoms with Gasteiger partial charge in [-0.1, -0.05) is 23.8 Å². The number of likely N-dealkylation sites (tertiary alicyclic amines) is 1. The number of aryl methyl sites for hydroxylation is 2. The van der Waals surface area contributed by atoms with Crippen molar-refractivity contribution in [1.29, 1.82) is 0 Å². The number of rotatable bonds is 7. The van der Waals surface area contributed by atoms with E-state index in [0.29, 0.717) is 19.6 Å². The fraction of sp³-hybridized carbons (Fsp3) is 0.464. The lowest BCUT2D eigenvalue weighted by Crippen LogP contribution is -2.44. The van der Waals surface area contributed by atoms with Gasteiger partial charge in [-0.25, -0.2) is 5.01 Å². The monoisotopic (exact) mass is 477 g/mol. The average molecular weight is 478 g/mol. The molecule has 0 aromatic heterocycles. The second-order valence-electron chi connectivity index (χ2n) is 9.42. The van der Waals surface area contributed by atoms with Gasteiger partial charge in [0, 0.05) is 13.0 Å². The summed E-state index contributed by atoms with van der Waals surface area (Å²) in [6.07, 6.45) is 2.32. The molecule has 0 saturated carbocycles. The summed E-state index contributed by atoms with van der Waals surface area (Å²) in [5.74, 6) is 0.387. The predicted molar refractivity (Wildman–Crippen MR) is 135 cm³/mol. The molecule has 1 saturated heterocycles. The third-order valence-electron chi connectivity index (χ3n) is 6.86. The highest BCUT2D eigenvalue weighted by Crippen LogP contribution is 2.35. The van der Waals surface area contributed by atoms with Crippen molar-refractivity contribution in [2.75, 3.05) is 33.4 Å². The zero-order chi connectivity index (χ0) is 24.9. The molecule has 7 heteroatoms. The van der Waals surface area contributed by atoms with Gasteiger partial charge in [0.05, 0.1) is 37.9 Å². The van der Waals surface area contributed by atoms with Crippen LogP contribution in [0.2, 0.25) is 0 Å². The molecule has 0 bridgehead atoms. The number of hydrazone groups is 1. The summed E-state index contributed by atoms with van der Waals surface area (Å²) in [5, 5.41) is 6.48. The van der Waals surface area contributed by atoms with E-state index in [2.05, 4.69) is 36.9 Å². The van der Waals surface area contributed by atoms with E-state index in [1.807, 2.05) is 31.2 Å². The second-order valence-corrected chi connectivity index (χ2v) is 9.42. The minimum absolute atomic E-state index is 0.0528. The molecule has 2 aliphatic rings. The van der Waals surface area contributed by atoms with E-state index in [0.717, 1.165) is 47.5 Å². The Kier molecular flexibility index (Phi) is 7.86. The van der Waals surface area contributed by atoms with Crippen LogP contribution in [-0.4, -0.2) is 60.8 Å². The Balaban J connectivity index is 1.56. The van der Waals surface area contributed by atoms with Crippen LogP contribution >= 0.6 is 0 Å². The molecule has 2 aromatic rings. The van der Waals surface area contributed by atoms with Crippen molar-refractivity contribution in [2.45, 2.75) is 46.1 Å². The third-order valence-corrected chi connectivity index (χ3v) is 6.86. The highest BCUT2D eigenvalue weighted by atomic mass is 16.5. The molecule has 7 nitrogen and oxygen atoms in total. The molecule has 0 spiro atoms. The van der Waals surface area contributed by atoms with Crippen molar-refractivity contribution in [1.82, 2.24) is 9.91 Å². The van der Waals surface area contributed by atoms with Gasteiger partial charge in [0.25, 0.3) is 5.91 Å². The van der Waals surface area contributed by atoms with E-state index in [-0.39, 0.29) is 30.4 Å². The molecule has 0 aliphatic carbocycles. The predicted octanol–water partition coefficient (Wildman–Crippen LogP) is 4.26. The van der Waals surface area contributed by atoms with Crippen LogP contribution in [0.15, 0.2) is 47.6 Å². The fourth-order valence-electron chi connectivity index (χ4n) is 5.06. The lowest BCUT2D eigenvalue weighted by Gasteiger charge is -2.32. The summed E-state index contributed by atoms with van der Waals surface area (Å²) in [7, 11) is 1.64. The van der Waals surface area contributed by atoms with Gasteiger partial charge in [0.1, 0.15) is 5.75 Å². The quantitative estimate of drug-likeness (QED) is 0.557. The summed E-state index contributed by atoms with van der Waals surface area (Å²) >= 11 is 0. The number of carbonyl (C=O) groups is 2. The lowest BCUT2D eigenvalue weighted by molar-refractivity contribution is -0.150. The van der Waals surface area contributed by atoms with Crippen LogP contribution in [0.4, 0.5) is 0 Å². The van der Waals surface area contributed by atoms with Crippen LogP contribution in [0.1, 0.15) is 54.5 Å². The Hall–Kier alpha value is -3.19. The van der Waals surface area contributed by atoms with Gasteiger partial charge in [-0.2, -0.15) is 5.10 Å². The van der Waals surface area contributed by atoms with Gasteiger partial charge < -0.3 is 9.47 Å². The van der Waals surface area contributed by atoms with Crippen molar-refractivity contribution < 1.29 is 19.1 Å². The van der Waals surface area contributed by atoms with E-state index in [1.54, 1.807) is 12.1 Å². The number of ether oxygens (including phenoxy) is 2. The minimum atomic E-state index is -0.177. The van der Waals surface area contributed by atoms with Crippen molar-refractivity contribution in [3.63, 3.8) is 0 Å². The first-order valence-corrected chi connectivity index (χ1v) is 12.4. The number of carbonyl (C=O) groups excluding carboxylic acids is 2. The number of nitrogens with zero attached hydrogens (tertiary/aromatic N) is 3. The molecule has 186 valence electrons. The molecule has 2 aliphatic heterocycles. The molecule has 0 N–H and O–H groups in total. The lowest BCUT2D eigenvalue weighted by atomic mass is 9.94. The number of amides is 1. The molecule has 0 radical (unpaired) electrons. The topological polar surface area (TPSA) is 71.4 Å². The number of hydrogen-bond acceptors (Lipinski definition) is 6. The molecular formula is C28H35N3O4. The minimum Gasteiger partial charge on any atom is -0.497 e. The number of benzene rings is 2. The zero-order valence-corrected chi connectivity index (χ0v) is 21.1. The molecular weight excluding hydrogens is 442 g/mol. The molecule has 2 heterocycles. The standard InChI is InChI=1S/C28H35N3O4/c1-5-35-28(33)22-7-6-14-30(17-22)18-27(32)31-26(24-13-8-19(2)15-20(24)3)16-25(29-31)21-9-11-23(34-4)12-10-21/h8-13,15,22,26H,5-7,14,16-18H2,1-4H3/t22-,26-/m0/s1. The summed E-state index contributed by atoms with van der Waals surface area (Å²) in [5.41, 5.74) is 5.32. The molecule has 1 fully saturated rings. The van der Waals surface area contributed by atoms with Crippen molar-refractivity contribution >= 4 is 17.6 Å². The van der Waals surface area contributed by atoms with Gasteiger partial charge in [0.2, 0.25) is 0 Å². The molecule has 35 heavy (non-hydrogen) atoms. The Bertz CT molecular complexity index is 1100. The summed E-state index contributed by atoms with van der Waals surface area (Å²) in [6.45, 7) is 7.93. The Morgan fingerprint density at radius 2 is 1.89 bits per heavy atom. The maximum absolute atomic E-state index is 13.6. The summed E-state index contributed by atoms with van der Waals surface area (Å²) in [4.78, 5) is 27.9. The largest absolute Gasteiger partial charge is 0.497 e. The van der Waals surface area contributed by atoms with Crippen LogP contribution in [-0.2, 0) is 14.3 Å². The van der Waals surface area contributed by atoms with Crippen LogP contribution in [0.3, 0.4) is 0 Å². The first-order valence-electron chi connectivity index (χ1n) is 12.4. The van der Waals surface area contributed by atoms with E-state index in [9.17, 15) is 9.59 Å². The maximum atomic E-state index is 13.6. The smallest absolute Gasteiger partial charge is 0.310 e. The van der Waals surface area contributed by atoms with E-state index >= 15 is 0 Å². The summed E-state index contributed by atoms with van der Waals surface area (Å²) < 4.78 is 10.5. The van der Waals surface area contributed by atoms with Crippen LogP contribution in [0.25, 0.3) is 0 Å². The van der Waals surface area contributed by atoms with E-state index in [1.165, 1.54) is 5.56 Å². The van der Waals surface area contributed by atoms with Gasteiger partial charge in [0.15, 0.2) is 0 Å². The van der Waals surface area contributed by atoms with Gasteiger partial charge >= 0.3 is 5.97 Å². The van der Waals surface area contributed by atoms with Crippen molar-refractivity contribution in [2.24, 2.45) is 11.0 Å². The van der Waals surface area contributed by atoms with Crippen molar-refractivity contribution in [3.05, 3.63) is 64.7 Å². The van der Waals surface area contributed by atoms with E-state index < -0.39 is 0 Å². The number of hydrogen-bond donors (Lipinski definition) is 0. The van der Waals surface area contributed by atoms with Crippen LogP contribution < -0.4 is 4.74 Å². The maximum Gasteiger partial charge on any atom is 0.310 e. The van der Waals surface area contributed by atoms with Crippen molar-refractivity contribution in [3.8, 4) is 5.75 Å². The van der Waals surface area contributed by atoms with Crippen LogP contribution in [0.5, 0.6) is 5.75 Å². The Labute approximate surface area is 207 Å². The van der Waals surface area contributed by atoms with Crippen LogP contribution in [0, 0.1) is 19.8 Å². The molecule has 2 atom stereocenters. The highest BCUT2D eigenvalue weighted by Gasteiger charge is 2.36. The van der Waals surface area contributed by atoms with Gasteiger partial charge in [-0.05, 0) is 81.1 Å². The average Bonchev–Trinajstić information content (AvgIpc) is 3.30.